The van der Waals surface area contributed by atoms with Crippen molar-refractivity contribution in [1.29, 1.82) is 0 Å². The minimum Gasteiger partial charge on any atom is -0.756 e. The highest BCUT2D eigenvalue weighted by Crippen LogP contribution is 2.52. The normalized spacial score (nSPS) is 20.1. The first-order valence-electron chi connectivity index (χ1n) is 28.1. The summed E-state index contributed by atoms with van der Waals surface area (Å²) < 4.78 is 49.1. The Morgan fingerprint density at radius 3 is 2.26 bits per heavy atom. The van der Waals surface area contributed by atoms with E-state index in [-0.39, 0.29) is 78.5 Å². The van der Waals surface area contributed by atoms with Gasteiger partial charge in [0.2, 0.25) is 17.2 Å². The van der Waals surface area contributed by atoms with E-state index in [9.17, 15) is 33.7 Å². The van der Waals surface area contributed by atoms with Crippen molar-refractivity contribution >= 4 is 119 Å². The van der Waals surface area contributed by atoms with Gasteiger partial charge in [0.05, 0.1) is 43.9 Å². The molecule has 0 radical (unpaired) electrons. The number of nitrogens with two attached hydrogens (primary N) is 1. The number of halogens is 4. The summed E-state index contributed by atoms with van der Waals surface area (Å²) in [6, 6.07) is 8.31. The average Bonchev–Trinajstić information content (AvgIpc) is 2.10. The van der Waals surface area contributed by atoms with Crippen LogP contribution in [0, 0.1) is 0 Å². The summed E-state index contributed by atoms with van der Waals surface area (Å²) in [6.07, 6.45) is 1.82. The minimum absolute atomic E-state index is 0.0137. The summed E-state index contributed by atoms with van der Waals surface area (Å²) in [5, 5.41) is 18.6. The number of phosphoric ester groups is 2. The maximum absolute atomic E-state index is 15.1. The second-order valence-corrected chi connectivity index (χ2v) is 26.7. The Bertz CT molecular complexity index is 3850. The molecule has 4 aliphatic rings. The monoisotopic (exact) mass is 1300 g/mol. The van der Waals surface area contributed by atoms with E-state index >= 15 is 4.79 Å². The Hall–Kier alpha value is -5.20. The number of phosphoric acid groups is 2. The number of nitrogen functional groups attached to an aromatic ring is 1. The van der Waals surface area contributed by atoms with Gasteiger partial charge in [-0.3, -0.25) is 23.2 Å². The van der Waals surface area contributed by atoms with Crippen LogP contribution in [0.5, 0.6) is 11.5 Å². The number of nitrogens with zero attached hydrogens (tertiary/aromatic N) is 7. The number of allylic oxidation sites excluding steroid dienone is 2. The molecule has 29 heteroatoms. The fourth-order valence-electron chi connectivity index (χ4n) is 12.2. The number of benzene rings is 3. The zero-order valence-electron chi connectivity index (χ0n) is 48.9. The number of hydrogen-bond donors (Lipinski definition) is 7. The van der Waals surface area contributed by atoms with E-state index < -0.39 is 52.7 Å². The molecule has 1 saturated heterocycles. The lowest BCUT2D eigenvalue weighted by atomic mass is 9.83. The van der Waals surface area contributed by atoms with Crippen LogP contribution in [0.3, 0.4) is 0 Å². The molecule has 0 saturated carbocycles. The molecule has 1 unspecified atom stereocenters. The van der Waals surface area contributed by atoms with Crippen molar-refractivity contribution in [2.45, 2.75) is 130 Å². The maximum atomic E-state index is 15.1. The van der Waals surface area contributed by atoms with Crippen LogP contribution < -0.4 is 46.0 Å². The number of aromatic nitrogens is 4. The first kappa shape index (κ1) is 65.3. The predicted molar refractivity (Wildman–Crippen MR) is 329 cm³/mol. The highest BCUT2D eigenvalue weighted by Gasteiger charge is 2.50. The van der Waals surface area contributed by atoms with Gasteiger partial charge in [0.25, 0.3) is 13.7 Å². The van der Waals surface area contributed by atoms with Gasteiger partial charge in [-0.25, -0.2) is 24.1 Å². The number of anilines is 3. The molecule has 6 heterocycles. The first-order valence-corrected chi connectivity index (χ1v) is 32.6. The van der Waals surface area contributed by atoms with E-state index in [1.54, 1.807) is 7.05 Å². The molecule has 4 aliphatic heterocycles. The smallest absolute Gasteiger partial charge is 0.470 e. The van der Waals surface area contributed by atoms with Gasteiger partial charge in [-0.2, -0.15) is 0 Å². The van der Waals surface area contributed by atoms with Crippen LogP contribution in [-0.4, -0.2) is 132 Å². The van der Waals surface area contributed by atoms with Crippen molar-refractivity contribution in [3.8, 4) is 11.5 Å². The van der Waals surface area contributed by atoms with Crippen molar-refractivity contribution < 1.29 is 61.9 Å². The van der Waals surface area contributed by atoms with E-state index in [1.165, 1.54) is 9.47 Å². The summed E-state index contributed by atoms with van der Waals surface area (Å²) >= 11 is 28.4. The summed E-state index contributed by atoms with van der Waals surface area (Å²) in [5.74, 6) is 0.418. The van der Waals surface area contributed by atoms with Crippen LogP contribution in [-0.2, 0) is 27.7 Å². The summed E-state index contributed by atoms with van der Waals surface area (Å²) in [7, 11) is -8.95. The highest BCUT2D eigenvalue weighted by atomic mass is 35.5. The number of aliphatic hydroxyl groups excluding tert-OH is 1. The molecule has 86 heavy (non-hydrogen) atoms. The highest BCUT2D eigenvalue weighted by molar-refractivity contribution is 7.46. The number of unbranched alkanes of at least 4 members (excludes halogenated alkanes) is 3. The molecule has 2 aromatic heterocycles. The van der Waals surface area contributed by atoms with Gasteiger partial charge in [0, 0.05) is 98.3 Å². The molecule has 464 valence electrons. The van der Waals surface area contributed by atoms with Crippen molar-refractivity contribution in [2.24, 2.45) is 0 Å². The predicted octanol–water partition coefficient (Wildman–Crippen LogP) is 7.96. The van der Waals surface area contributed by atoms with Gasteiger partial charge >= 0.3 is 7.82 Å². The number of hydrogen-bond acceptors (Lipinski definition) is 16. The summed E-state index contributed by atoms with van der Waals surface area (Å²) in [4.78, 5) is 84.7. The second kappa shape index (κ2) is 25.4. The molecule has 0 aliphatic carbocycles. The van der Waals surface area contributed by atoms with Crippen molar-refractivity contribution in [1.82, 2.24) is 34.3 Å². The molecule has 8 N–H and O–H groups in total. The van der Waals surface area contributed by atoms with Gasteiger partial charge < -0.3 is 64.8 Å². The molecule has 0 spiro atoms. The summed E-state index contributed by atoms with van der Waals surface area (Å²) in [6.45, 7) is 18.5. The SMILES string of the molecule is CCN1c2cc3c(cc2C(C)=CC1(C)C)C(c1c(Cl)c(Cl)c(Cl)c(Cl)c1C(=O)N(C)CCCC(=O)NCCCCCCNc1nc2c(N)ncnc2n1[C@@H]1O[C@H](COP(=O)([O-])O)[C@@H](O)[C@H]1OP(=O)(O)O)=c1cc2c(cc1O3)=[N+](CC)C(C)(C)C=C2C. The van der Waals surface area contributed by atoms with Gasteiger partial charge in [-0.1, -0.05) is 65.3 Å². The van der Waals surface area contributed by atoms with Crippen molar-refractivity contribution in [3.05, 3.63) is 101 Å². The number of aliphatic hydroxyl groups is 1. The van der Waals surface area contributed by atoms with Gasteiger partial charge in [-0.05, 0) is 90.2 Å². The lowest BCUT2D eigenvalue weighted by molar-refractivity contribution is -0.222. The number of nitrogens with one attached hydrogen (secondary N) is 2. The Kier molecular flexibility index (Phi) is 19.2. The molecule has 23 nitrogen and oxygen atoms in total. The largest absolute Gasteiger partial charge is 0.756 e. The molecular weight excluding hydrogens is 1240 g/mol. The van der Waals surface area contributed by atoms with Crippen LogP contribution >= 0.6 is 62.0 Å². The molecule has 0 bridgehead atoms. The number of imidazole rings is 1. The fraction of sp³-hybridized carbons (Fsp3) is 0.474. The number of carbonyl (C=O) groups is 2. The summed E-state index contributed by atoms with van der Waals surface area (Å²) in [5.41, 5.74) is 12.4. The average molecular weight is 1310 g/mol. The van der Waals surface area contributed by atoms with Gasteiger partial charge in [0.1, 0.15) is 42.7 Å². The Morgan fingerprint density at radius 2 is 1.58 bits per heavy atom. The number of fused-ring (bicyclic) bond motifs is 5. The Balaban J connectivity index is 0.877. The fourth-order valence-corrected chi connectivity index (χ4v) is 14.1. The van der Waals surface area contributed by atoms with E-state index in [0.717, 1.165) is 52.7 Å². The molecule has 5 aromatic rings. The molecule has 1 fully saturated rings. The maximum Gasteiger partial charge on any atom is 0.470 e. The zero-order chi connectivity index (χ0) is 62.7. The molecule has 9 rings (SSSR count). The third-order valence-electron chi connectivity index (χ3n) is 16.0. The topological polar surface area (TPSA) is 312 Å². The van der Waals surface area contributed by atoms with Crippen LogP contribution in [0.15, 0.2) is 42.7 Å². The standard InChI is InChI=1S/C57H70Cl4N10O13P2/c1-10-69-35-23-37-33(21-31(35)29(3)25-56(69,5)6)41(34-22-32-30(4)26-57(7,8)70(11-2)36(32)24-38(34)82-37)42-43(45(59)47(61)46(60)44(42)58)53(74)68(9)20-16-17-40(72)63-18-14-12-13-15-19-64-55-67-48-51(62)65-28-66-52(48)71(55)54-50(84-86(78,79)80)49(73)39(83-54)27-81-85(75,76)77/h21-26,28,39,49-50,54,62,73H,10-20,27H2,1-9H3,(H6,63,72,74,75,76,77,78,79,80)/t39-,49-,50-,54-/m1/s1. The Morgan fingerprint density at radius 1 is 0.895 bits per heavy atom. The second-order valence-electron chi connectivity index (χ2n) is 22.8. The first-order chi connectivity index (χ1) is 40.4. The van der Waals surface area contributed by atoms with Gasteiger partial charge in [-0.15, -0.1) is 0 Å². The van der Waals surface area contributed by atoms with E-state index in [0.29, 0.717) is 78.6 Å². The number of ether oxygens (including phenoxy) is 2. The van der Waals surface area contributed by atoms with Crippen LogP contribution in [0.1, 0.15) is 133 Å². The minimum atomic E-state index is -5.29. The van der Waals surface area contributed by atoms with E-state index in [4.69, 9.17) is 71.0 Å². The Labute approximate surface area is 517 Å². The number of rotatable bonds is 22. The molecule has 5 atom stereocenters. The van der Waals surface area contributed by atoms with Crippen molar-refractivity contribution in [3.63, 3.8) is 0 Å². The van der Waals surface area contributed by atoms with Crippen molar-refractivity contribution in [2.75, 3.05) is 62.3 Å². The van der Waals surface area contributed by atoms with Crippen LogP contribution in [0.25, 0.3) is 27.9 Å². The molecule has 2 amide bonds. The number of amides is 2. The zero-order valence-corrected chi connectivity index (χ0v) is 53.7. The third kappa shape index (κ3) is 13.1. The molecule has 3 aromatic carbocycles. The van der Waals surface area contributed by atoms with Crippen LogP contribution in [0.2, 0.25) is 20.1 Å². The third-order valence-corrected chi connectivity index (χ3v) is 18.8. The molecular formula is C57H70Cl4N10O13P2. The lowest BCUT2D eigenvalue weighted by Crippen LogP contribution is -2.49. The van der Waals surface area contributed by atoms with Gasteiger partial charge in [0.15, 0.2) is 28.7 Å². The van der Waals surface area contributed by atoms with E-state index in [1.807, 2.05) is 0 Å². The van der Waals surface area contributed by atoms with E-state index in [2.05, 4.69) is 131 Å². The number of likely N-dealkylation sites (N-methyl/N-ethyl adjacent to an activating group) is 2. The lowest BCUT2D eigenvalue weighted by Gasteiger charge is -2.43. The van der Waals surface area contributed by atoms with Crippen LogP contribution in [0.4, 0.5) is 17.5 Å². The quantitative estimate of drug-likeness (QED) is 0.0111. The number of carbonyl (C=O) groups excluding carboxylic acids is 2.